The SMILES string of the molecule is C=C(C)CC(C(=O)NCC)[C@H](CCC1CC1)C(N)=O. The Hall–Kier alpha value is -1.32. The Morgan fingerprint density at radius 1 is 1.37 bits per heavy atom. The number of hydrogen-bond acceptors (Lipinski definition) is 2. The Morgan fingerprint density at radius 2 is 2.00 bits per heavy atom. The molecular formula is C15H26N2O2. The van der Waals surface area contributed by atoms with Gasteiger partial charge in [0.1, 0.15) is 0 Å². The lowest BCUT2D eigenvalue weighted by atomic mass is 9.82. The predicted molar refractivity (Wildman–Crippen MR) is 76.2 cm³/mol. The van der Waals surface area contributed by atoms with Gasteiger partial charge in [-0.1, -0.05) is 18.4 Å². The van der Waals surface area contributed by atoms with Crippen molar-refractivity contribution in [3.63, 3.8) is 0 Å². The first-order chi connectivity index (χ1) is 8.95. The van der Waals surface area contributed by atoms with Crippen LogP contribution in [0.3, 0.4) is 0 Å². The zero-order valence-corrected chi connectivity index (χ0v) is 12.1. The van der Waals surface area contributed by atoms with E-state index in [2.05, 4.69) is 11.9 Å². The number of rotatable bonds is 9. The summed E-state index contributed by atoms with van der Waals surface area (Å²) in [4.78, 5) is 23.8. The van der Waals surface area contributed by atoms with Gasteiger partial charge in [-0.3, -0.25) is 9.59 Å². The lowest BCUT2D eigenvalue weighted by Crippen LogP contribution is -2.40. The summed E-state index contributed by atoms with van der Waals surface area (Å²) in [6.07, 6.45) is 4.74. The van der Waals surface area contributed by atoms with E-state index in [1.807, 2.05) is 13.8 Å². The number of amides is 2. The van der Waals surface area contributed by atoms with E-state index in [1.165, 1.54) is 12.8 Å². The first-order valence-corrected chi connectivity index (χ1v) is 7.17. The maximum Gasteiger partial charge on any atom is 0.224 e. The van der Waals surface area contributed by atoms with Crippen molar-refractivity contribution in [1.82, 2.24) is 5.32 Å². The molecule has 0 heterocycles. The average Bonchev–Trinajstić information content (AvgIpc) is 3.11. The van der Waals surface area contributed by atoms with Gasteiger partial charge in [0.05, 0.1) is 5.92 Å². The molecule has 1 rings (SSSR count). The van der Waals surface area contributed by atoms with Crippen LogP contribution < -0.4 is 11.1 Å². The van der Waals surface area contributed by atoms with Crippen molar-refractivity contribution in [2.75, 3.05) is 6.54 Å². The van der Waals surface area contributed by atoms with Gasteiger partial charge in [-0.15, -0.1) is 6.58 Å². The lowest BCUT2D eigenvalue weighted by Gasteiger charge is -2.24. The maximum atomic E-state index is 12.1. The van der Waals surface area contributed by atoms with Gasteiger partial charge in [0.2, 0.25) is 11.8 Å². The summed E-state index contributed by atoms with van der Waals surface area (Å²) in [6.45, 7) is 8.18. The third kappa shape index (κ3) is 5.45. The molecule has 0 bridgehead atoms. The molecule has 0 aliphatic heterocycles. The van der Waals surface area contributed by atoms with Gasteiger partial charge < -0.3 is 11.1 Å². The van der Waals surface area contributed by atoms with Crippen LogP contribution in [0.5, 0.6) is 0 Å². The minimum Gasteiger partial charge on any atom is -0.369 e. The second kappa shape index (κ2) is 7.31. The van der Waals surface area contributed by atoms with Gasteiger partial charge >= 0.3 is 0 Å². The van der Waals surface area contributed by atoms with E-state index >= 15 is 0 Å². The summed E-state index contributed by atoms with van der Waals surface area (Å²) in [5.41, 5.74) is 6.42. The molecule has 0 aromatic heterocycles. The second-order valence-corrected chi connectivity index (χ2v) is 5.69. The zero-order chi connectivity index (χ0) is 14.4. The van der Waals surface area contributed by atoms with Crippen LogP contribution in [0.15, 0.2) is 12.2 Å². The van der Waals surface area contributed by atoms with Crippen molar-refractivity contribution in [2.45, 2.75) is 46.0 Å². The molecule has 0 saturated heterocycles. The highest BCUT2D eigenvalue weighted by Gasteiger charge is 2.33. The monoisotopic (exact) mass is 266 g/mol. The smallest absolute Gasteiger partial charge is 0.224 e. The first-order valence-electron chi connectivity index (χ1n) is 7.17. The van der Waals surface area contributed by atoms with Gasteiger partial charge in [-0.25, -0.2) is 0 Å². The fourth-order valence-electron chi connectivity index (χ4n) is 2.46. The van der Waals surface area contributed by atoms with Gasteiger partial charge in [0, 0.05) is 12.5 Å². The van der Waals surface area contributed by atoms with Gasteiger partial charge in [-0.2, -0.15) is 0 Å². The summed E-state index contributed by atoms with van der Waals surface area (Å²) in [7, 11) is 0. The molecule has 108 valence electrons. The van der Waals surface area contributed by atoms with Crippen LogP contribution in [0.1, 0.15) is 46.0 Å². The Balaban J connectivity index is 2.71. The van der Waals surface area contributed by atoms with Gasteiger partial charge in [0.25, 0.3) is 0 Å². The van der Waals surface area contributed by atoms with Crippen LogP contribution in [-0.4, -0.2) is 18.4 Å². The largest absolute Gasteiger partial charge is 0.369 e. The zero-order valence-electron chi connectivity index (χ0n) is 12.1. The molecule has 1 fully saturated rings. The fourth-order valence-corrected chi connectivity index (χ4v) is 2.46. The van der Waals surface area contributed by atoms with Gasteiger partial charge in [0.15, 0.2) is 0 Å². The number of nitrogens with two attached hydrogens (primary N) is 1. The molecule has 1 saturated carbocycles. The molecule has 1 aliphatic rings. The summed E-state index contributed by atoms with van der Waals surface area (Å²) < 4.78 is 0. The van der Waals surface area contributed by atoms with Crippen molar-refractivity contribution < 1.29 is 9.59 Å². The molecule has 19 heavy (non-hydrogen) atoms. The fraction of sp³-hybridized carbons (Fsp3) is 0.733. The number of allylic oxidation sites excluding steroid dienone is 1. The number of carbonyl (C=O) groups excluding carboxylic acids is 2. The van der Waals surface area contributed by atoms with Gasteiger partial charge in [-0.05, 0) is 39.0 Å². The third-order valence-electron chi connectivity index (χ3n) is 3.69. The Morgan fingerprint density at radius 3 is 2.42 bits per heavy atom. The minimum absolute atomic E-state index is 0.0786. The highest BCUT2D eigenvalue weighted by atomic mass is 16.2. The number of carbonyl (C=O) groups is 2. The minimum atomic E-state index is -0.371. The molecular weight excluding hydrogens is 240 g/mol. The predicted octanol–water partition coefficient (Wildman–Crippen LogP) is 2.00. The van der Waals surface area contributed by atoms with Crippen molar-refractivity contribution in [1.29, 1.82) is 0 Å². The van der Waals surface area contributed by atoms with Crippen LogP contribution in [0.25, 0.3) is 0 Å². The van der Waals surface area contributed by atoms with Crippen molar-refractivity contribution in [2.24, 2.45) is 23.5 Å². The van der Waals surface area contributed by atoms with Crippen molar-refractivity contribution in [3.05, 3.63) is 12.2 Å². The van der Waals surface area contributed by atoms with E-state index in [0.717, 1.165) is 24.3 Å². The maximum absolute atomic E-state index is 12.1. The molecule has 0 aromatic rings. The van der Waals surface area contributed by atoms with Crippen molar-refractivity contribution in [3.8, 4) is 0 Å². The molecule has 3 N–H and O–H groups in total. The molecule has 1 aliphatic carbocycles. The Labute approximate surface area is 115 Å². The van der Waals surface area contributed by atoms with E-state index in [4.69, 9.17) is 5.73 Å². The summed E-state index contributed by atoms with van der Waals surface area (Å²) in [5.74, 6) is -0.442. The standard InChI is InChI=1S/C15H26N2O2/c1-4-17-15(19)13(9-10(2)3)12(14(16)18)8-7-11-5-6-11/h11-13H,2,4-9H2,1,3H3,(H2,16,18)(H,17,19)/t12-,13?/m0/s1. The van der Waals surface area contributed by atoms with Crippen molar-refractivity contribution >= 4 is 11.8 Å². The molecule has 2 amide bonds. The molecule has 2 atom stereocenters. The van der Waals surface area contributed by atoms with Crippen LogP contribution in [0, 0.1) is 17.8 Å². The van der Waals surface area contributed by atoms with Crippen LogP contribution in [0.4, 0.5) is 0 Å². The molecule has 1 unspecified atom stereocenters. The molecule has 0 radical (unpaired) electrons. The quantitative estimate of drug-likeness (QED) is 0.626. The van der Waals surface area contributed by atoms with Crippen LogP contribution >= 0.6 is 0 Å². The van der Waals surface area contributed by atoms with E-state index in [-0.39, 0.29) is 23.7 Å². The van der Waals surface area contributed by atoms with E-state index < -0.39 is 0 Å². The Kier molecular flexibility index (Phi) is 6.06. The molecule has 4 nitrogen and oxygen atoms in total. The van der Waals surface area contributed by atoms with E-state index in [1.54, 1.807) is 0 Å². The third-order valence-corrected chi connectivity index (χ3v) is 3.69. The normalized spacial score (nSPS) is 17.6. The molecule has 4 heteroatoms. The number of nitrogens with one attached hydrogen (secondary N) is 1. The van der Waals surface area contributed by atoms with E-state index in [0.29, 0.717) is 13.0 Å². The second-order valence-electron chi connectivity index (χ2n) is 5.69. The number of primary amides is 1. The summed E-state index contributed by atoms with van der Waals surface area (Å²) >= 11 is 0. The molecule has 0 spiro atoms. The highest BCUT2D eigenvalue weighted by molar-refractivity contribution is 5.87. The first kappa shape index (κ1) is 15.7. The topological polar surface area (TPSA) is 72.2 Å². The lowest BCUT2D eigenvalue weighted by molar-refractivity contribution is -0.133. The van der Waals surface area contributed by atoms with Crippen LogP contribution in [0.2, 0.25) is 0 Å². The number of hydrogen-bond donors (Lipinski definition) is 2. The summed E-state index contributed by atoms with van der Waals surface area (Å²) in [5, 5.41) is 2.80. The molecule has 0 aromatic carbocycles. The highest BCUT2D eigenvalue weighted by Crippen LogP contribution is 2.36. The average molecular weight is 266 g/mol. The summed E-state index contributed by atoms with van der Waals surface area (Å²) in [6, 6.07) is 0. The Bertz CT molecular complexity index is 348. The van der Waals surface area contributed by atoms with E-state index in [9.17, 15) is 9.59 Å². The van der Waals surface area contributed by atoms with Crippen LogP contribution in [-0.2, 0) is 9.59 Å².